The first-order chi connectivity index (χ1) is 9.42. The van der Waals surface area contributed by atoms with Crippen LogP contribution in [0.4, 0.5) is 0 Å². The molecule has 1 aromatic carbocycles. The van der Waals surface area contributed by atoms with Gasteiger partial charge in [-0.15, -0.1) is 0 Å². The highest BCUT2D eigenvalue weighted by atomic mass is 16.7. The van der Waals surface area contributed by atoms with Crippen LogP contribution in [0.15, 0.2) is 24.3 Å². The molecule has 1 atom stereocenters. The molecule has 1 saturated carbocycles. The largest absolute Gasteiger partial charge is 0.481 e. The number of rotatable bonds is 4. The van der Waals surface area contributed by atoms with E-state index in [1.807, 2.05) is 38.1 Å². The van der Waals surface area contributed by atoms with Gasteiger partial charge in [0.25, 0.3) is 0 Å². The zero-order valence-corrected chi connectivity index (χ0v) is 11.9. The van der Waals surface area contributed by atoms with Crippen LogP contribution in [0.1, 0.15) is 50.3 Å². The minimum Gasteiger partial charge on any atom is -0.481 e. The highest BCUT2D eigenvalue weighted by Crippen LogP contribution is 2.53. The number of benzene rings is 1. The van der Waals surface area contributed by atoms with E-state index >= 15 is 0 Å². The van der Waals surface area contributed by atoms with Crippen molar-refractivity contribution in [3.05, 3.63) is 35.4 Å². The van der Waals surface area contributed by atoms with Crippen molar-refractivity contribution >= 4 is 5.97 Å². The molecule has 1 aliphatic heterocycles. The van der Waals surface area contributed by atoms with Crippen LogP contribution in [0.2, 0.25) is 0 Å². The van der Waals surface area contributed by atoms with Gasteiger partial charge in [0.05, 0.1) is 13.0 Å². The van der Waals surface area contributed by atoms with Crippen molar-refractivity contribution in [2.75, 3.05) is 6.61 Å². The molecule has 0 amide bonds. The maximum absolute atomic E-state index is 11.1. The molecule has 0 radical (unpaired) electrons. The minimum absolute atomic E-state index is 0.104. The summed E-state index contributed by atoms with van der Waals surface area (Å²) in [5.74, 6) is -1.30. The lowest BCUT2D eigenvalue weighted by Crippen LogP contribution is -2.21. The Bertz CT molecular complexity index is 531. The molecule has 2 aliphatic rings. The number of hydrogen-bond donors (Lipinski definition) is 1. The summed E-state index contributed by atoms with van der Waals surface area (Å²) in [6, 6.07) is 8.03. The summed E-state index contributed by atoms with van der Waals surface area (Å²) in [4.78, 5) is 11.1. The molecule has 20 heavy (non-hydrogen) atoms. The fourth-order valence-corrected chi connectivity index (χ4v) is 3.08. The minimum atomic E-state index is -0.735. The van der Waals surface area contributed by atoms with Crippen LogP contribution in [0.5, 0.6) is 0 Å². The summed E-state index contributed by atoms with van der Waals surface area (Å²) in [6.07, 6.45) is 1.97. The van der Waals surface area contributed by atoms with Gasteiger partial charge in [0.15, 0.2) is 5.79 Å². The SMILES string of the molecule is CC1(C)OCC(c2ccccc2C2(CC(=O)O)CC2)O1. The van der Waals surface area contributed by atoms with Crippen molar-refractivity contribution in [1.82, 2.24) is 0 Å². The third-order valence-electron chi connectivity index (χ3n) is 4.23. The lowest BCUT2D eigenvalue weighted by molar-refractivity contribution is -0.140. The van der Waals surface area contributed by atoms with E-state index in [1.165, 1.54) is 0 Å². The highest BCUT2D eigenvalue weighted by Gasteiger charge is 2.48. The van der Waals surface area contributed by atoms with Gasteiger partial charge in [0.2, 0.25) is 0 Å². The van der Waals surface area contributed by atoms with Gasteiger partial charge in [-0.05, 0) is 37.8 Å². The Labute approximate surface area is 118 Å². The molecule has 2 fully saturated rings. The number of aliphatic carboxylic acids is 1. The van der Waals surface area contributed by atoms with Crippen molar-refractivity contribution < 1.29 is 19.4 Å². The predicted octanol–water partition coefficient (Wildman–Crippen LogP) is 3.02. The van der Waals surface area contributed by atoms with Gasteiger partial charge in [0.1, 0.15) is 6.10 Å². The summed E-state index contributed by atoms with van der Waals surface area (Å²) in [5, 5.41) is 9.13. The molecule has 1 aromatic rings. The van der Waals surface area contributed by atoms with Gasteiger partial charge in [-0.3, -0.25) is 4.79 Å². The number of carboxylic acids is 1. The summed E-state index contributed by atoms with van der Waals surface area (Å²) < 4.78 is 11.6. The number of carbonyl (C=O) groups is 1. The van der Waals surface area contributed by atoms with Gasteiger partial charge in [-0.2, -0.15) is 0 Å². The molecule has 1 unspecified atom stereocenters. The summed E-state index contributed by atoms with van der Waals surface area (Å²) in [5.41, 5.74) is 2.00. The highest BCUT2D eigenvalue weighted by molar-refractivity contribution is 5.70. The van der Waals surface area contributed by atoms with Crippen LogP contribution in [0.3, 0.4) is 0 Å². The quantitative estimate of drug-likeness (QED) is 0.918. The van der Waals surface area contributed by atoms with Crippen molar-refractivity contribution in [3.63, 3.8) is 0 Å². The molecule has 1 saturated heterocycles. The smallest absolute Gasteiger partial charge is 0.304 e. The molecule has 0 spiro atoms. The molecule has 0 bridgehead atoms. The van der Waals surface area contributed by atoms with Gasteiger partial charge >= 0.3 is 5.97 Å². The fourth-order valence-electron chi connectivity index (χ4n) is 3.08. The van der Waals surface area contributed by atoms with Crippen LogP contribution < -0.4 is 0 Å². The van der Waals surface area contributed by atoms with E-state index in [0.29, 0.717) is 6.61 Å². The van der Waals surface area contributed by atoms with Gasteiger partial charge in [-0.25, -0.2) is 0 Å². The molecule has 1 N–H and O–H groups in total. The number of ether oxygens (including phenoxy) is 2. The Hall–Kier alpha value is -1.39. The second-order valence-electron chi connectivity index (χ2n) is 6.26. The lowest BCUT2D eigenvalue weighted by atomic mass is 9.87. The third kappa shape index (κ3) is 2.45. The Morgan fingerprint density at radius 1 is 1.35 bits per heavy atom. The molecule has 0 aromatic heterocycles. The Kier molecular flexibility index (Phi) is 3.10. The Morgan fingerprint density at radius 3 is 2.60 bits per heavy atom. The second kappa shape index (κ2) is 4.57. The summed E-state index contributed by atoms with van der Waals surface area (Å²) in [6.45, 7) is 4.33. The first kappa shape index (κ1) is 13.6. The standard InChI is InChI=1S/C16H20O4/c1-15(2)19-10-13(20-15)11-5-3-4-6-12(11)16(7-8-16)9-14(17)18/h3-6,13H,7-10H2,1-2H3,(H,17,18). The van der Waals surface area contributed by atoms with Crippen LogP contribution in [0, 0.1) is 0 Å². The van der Waals surface area contributed by atoms with Crippen molar-refractivity contribution in [2.24, 2.45) is 0 Å². The van der Waals surface area contributed by atoms with Crippen LogP contribution in [0.25, 0.3) is 0 Å². The number of hydrogen-bond acceptors (Lipinski definition) is 3. The van der Waals surface area contributed by atoms with E-state index in [0.717, 1.165) is 24.0 Å². The van der Waals surface area contributed by atoms with Gasteiger partial charge < -0.3 is 14.6 Å². The van der Waals surface area contributed by atoms with Crippen LogP contribution in [-0.2, 0) is 19.7 Å². The van der Waals surface area contributed by atoms with Gasteiger partial charge in [0, 0.05) is 5.41 Å². The number of carboxylic acid groups (broad SMARTS) is 1. The van der Waals surface area contributed by atoms with E-state index in [9.17, 15) is 4.79 Å². The molecule has 1 aliphatic carbocycles. The average Bonchev–Trinajstić information content (AvgIpc) is 3.05. The van der Waals surface area contributed by atoms with Crippen LogP contribution >= 0.6 is 0 Å². The lowest BCUT2D eigenvalue weighted by Gasteiger charge is -2.22. The second-order valence-corrected chi connectivity index (χ2v) is 6.26. The summed E-state index contributed by atoms with van der Waals surface area (Å²) >= 11 is 0. The summed E-state index contributed by atoms with van der Waals surface area (Å²) in [7, 11) is 0. The van der Waals surface area contributed by atoms with Crippen molar-refractivity contribution in [1.29, 1.82) is 0 Å². The van der Waals surface area contributed by atoms with E-state index in [4.69, 9.17) is 14.6 Å². The zero-order valence-electron chi connectivity index (χ0n) is 11.9. The molecule has 1 heterocycles. The molecule has 4 nitrogen and oxygen atoms in total. The van der Waals surface area contributed by atoms with Crippen molar-refractivity contribution in [2.45, 2.75) is 50.4 Å². The average molecular weight is 276 g/mol. The van der Waals surface area contributed by atoms with E-state index in [-0.39, 0.29) is 17.9 Å². The topological polar surface area (TPSA) is 55.8 Å². The first-order valence-corrected chi connectivity index (χ1v) is 7.05. The van der Waals surface area contributed by atoms with Gasteiger partial charge in [-0.1, -0.05) is 24.3 Å². The normalized spacial score (nSPS) is 26.4. The zero-order chi connectivity index (χ0) is 14.4. The molecule has 4 heteroatoms. The predicted molar refractivity (Wildman–Crippen MR) is 73.5 cm³/mol. The first-order valence-electron chi connectivity index (χ1n) is 7.05. The van der Waals surface area contributed by atoms with Crippen molar-refractivity contribution in [3.8, 4) is 0 Å². The maximum atomic E-state index is 11.1. The van der Waals surface area contributed by atoms with Crippen LogP contribution in [-0.4, -0.2) is 23.5 Å². The molecular formula is C16H20O4. The Balaban J connectivity index is 1.92. The fraction of sp³-hybridized carbons (Fsp3) is 0.562. The van der Waals surface area contributed by atoms with E-state index in [1.54, 1.807) is 0 Å². The molecule has 3 rings (SSSR count). The Morgan fingerprint density at radius 2 is 2.05 bits per heavy atom. The van der Waals surface area contributed by atoms with E-state index < -0.39 is 11.8 Å². The monoisotopic (exact) mass is 276 g/mol. The maximum Gasteiger partial charge on any atom is 0.304 e. The molecule has 108 valence electrons. The molecular weight excluding hydrogens is 256 g/mol. The third-order valence-corrected chi connectivity index (χ3v) is 4.23. The van der Waals surface area contributed by atoms with E-state index in [2.05, 4.69) is 0 Å².